The molecule has 3 N–H and O–H groups in total. The van der Waals surface area contributed by atoms with Crippen LogP contribution in [0.25, 0.3) is 0 Å². The molecule has 0 fully saturated rings. The highest BCUT2D eigenvalue weighted by Gasteiger charge is 2.31. The van der Waals surface area contributed by atoms with Crippen LogP contribution in [0, 0.1) is 13.8 Å². The van der Waals surface area contributed by atoms with Gasteiger partial charge in [0, 0.05) is 11.9 Å². The number of nitrogen functional groups attached to an aromatic ring is 1. The van der Waals surface area contributed by atoms with Crippen molar-refractivity contribution in [2.45, 2.75) is 20.0 Å². The molecule has 1 heterocycles. The van der Waals surface area contributed by atoms with Crippen molar-refractivity contribution < 1.29 is 13.2 Å². The van der Waals surface area contributed by atoms with Crippen molar-refractivity contribution in [3.8, 4) is 0 Å². The summed E-state index contributed by atoms with van der Waals surface area (Å²) in [7, 11) is 0. The first-order valence-corrected chi connectivity index (χ1v) is 5.94. The predicted molar refractivity (Wildman–Crippen MR) is 72.9 cm³/mol. The fraction of sp³-hybridized carbons (Fsp3) is 0.214. The summed E-state index contributed by atoms with van der Waals surface area (Å²) < 4.78 is 38.0. The van der Waals surface area contributed by atoms with E-state index in [9.17, 15) is 13.2 Å². The topological polar surface area (TPSA) is 50.9 Å². The van der Waals surface area contributed by atoms with Crippen molar-refractivity contribution in [1.82, 2.24) is 4.98 Å². The van der Waals surface area contributed by atoms with E-state index in [0.717, 1.165) is 23.4 Å². The Hall–Kier alpha value is -2.24. The Balaban J connectivity index is 2.38. The number of nitrogens with two attached hydrogens (primary N) is 1. The standard InChI is InChI=1S/C14H14F3N3/c1-8-3-4-11(9(2)5-8)20-12-6-10(14(15,16)17)7-19-13(12)18/h3-7,20H,1-2H3,(H2,18,19). The summed E-state index contributed by atoms with van der Waals surface area (Å²) in [5.41, 5.74) is 7.62. The smallest absolute Gasteiger partial charge is 0.382 e. The summed E-state index contributed by atoms with van der Waals surface area (Å²) >= 11 is 0. The zero-order valence-corrected chi connectivity index (χ0v) is 11.0. The summed E-state index contributed by atoms with van der Waals surface area (Å²) in [6.45, 7) is 3.81. The third-order valence-electron chi connectivity index (χ3n) is 2.90. The van der Waals surface area contributed by atoms with Crippen LogP contribution in [0.15, 0.2) is 30.5 Å². The van der Waals surface area contributed by atoms with Crippen molar-refractivity contribution in [2.75, 3.05) is 11.1 Å². The van der Waals surface area contributed by atoms with Gasteiger partial charge in [0.1, 0.15) is 5.82 Å². The average molecular weight is 281 g/mol. The highest BCUT2D eigenvalue weighted by Crippen LogP contribution is 2.33. The molecular formula is C14H14F3N3. The fourth-order valence-electron chi connectivity index (χ4n) is 1.83. The minimum absolute atomic E-state index is 0.0259. The molecule has 0 bridgehead atoms. The molecule has 0 amide bonds. The second kappa shape index (κ2) is 5.03. The number of nitrogens with one attached hydrogen (secondary N) is 1. The second-order valence-corrected chi connectivity index (χ2v) is 4.60. The van der Waals surface area contributed by atoms with Gasteiger partial charge in [0.25, 0.3) is 0 Å². The fourth-order valence-corrected chi connectivity index (χ4v) is 1.83. The van der Waals surface area contributed by atoms with Crippen LogP contribution in [0.4, 0.5) is 30.4 Å². The maximum absolute atomic E-state index is 12.7. The lowest BCUT2D eigenvalue weighted by atomic mass is 10.1. The molecule has 106 valence electrons. The van der Waals surface area contributed by atoms with Crippen LogP contribution in [0.3, 0.4) is 0 Å². The summed E-state index contributed by atoms with van der Waals surface area (Å²) in [5.74, 6) is 0.0259. The third-order valence-corrected chi connectivity index (χ3v) is 2.90. The van der Waals surface area contributed by atoms with Crippen molar-refractivity contribution in [3.05, 3.63) is 47.2 Å². The zero-order valence-electron chi connectivity index (χ0n) is 11.0. The lowest BCUT2D eigenvalue weighted by Crippen LogP contribution is -2.08. The number of nitrogens with zero attached hydrogens (tertiary/aromatic N) is 1. The Kier molecular flexibility index (Phi) is 3.57. The largest absolute Gasteiger partial charge is 0.417 e. The van der Waals surface area contributed by atoms with Gasteiger partial charge in [-0.1, -0.05) is 17.7 Å². The van der Waals surface area contributed by atoms with E-state index < -0.39 is 11.7 Å². The van der Waals surface area contributed by atoms with E-state index in [4.69, 9.17) is 5.73 Å². The maximum Gasteiger partial charge on any atom is 0.417 e. The summed E-state index contributed by atoms with van der Waals surface area (Å²) in [6, 6.07) is 6.55. The van der Waals surface area contributed by atoms with Gasteiger partial charge in [-0.05, 0) is 31.5 Å². The Labute approximate surface area is 114 Å². The van der Waals surface area contributed by atoms with Gasteiger partial charge in [-0.25, -0.2) is 4.98 Å². The quantitative estimate of drug-likeness (QED) is 0.873. The summed E-state index contributed by atoms with van der Waals surface area (Å²) in [5, 5.41) is 2.89. The highest BCUT2D eigenvalue weighted by molar-refractivity contribution is 5.72. The number of hydrogen-bond donors (Lipinski definition) is 2. The van der Waals surface area contributed by atoms with Crippen molar-refractivity contribution >= 4 is 17.2 Å². The van der Waals surface area contributed by atoms with E-state index in [-0.39, 0.29) is 11.5 Å². The van der Waals surface area contributed by atoms with Crippen LogP contribution < -0.4 is 11.1 Å². The number of aryl methyl sites for hydroxylation is 2. The van der Waals surface area contributed by atoms with Crippen LogP contribution in [-0.4, -0.2) is 4.98 Å². The van der Waals surface area contributed by atoms with Gasteiger partial charge in [-0.3, -0.25) is 0 Å². The SMILES string of the molecule is Cc1ccc(Nc2cc(C(F)(F)F)cnc2N)c(C)c1. The highest BCUT2D eigenvalue weighted by atomic mass is 19.4. The molecule has 0 aliphatic rings. The van der Waals surface area contributed by atoms with E-state index in [1.807, 2.05) is 26.0 Å². The van der Waals surface area contributed by atoms with Gasteiger partial charge in [-0.2, -0.15) is 13.2 Å². The lowest BCUT2D eigenvalue weighted by Gasteiger charge is -2.14. The number of benzene rings is 1. The molecule has 0 saturated heterocycles. The molecular weight excluding hydrogens is 267 g/mol. The number of aromatic nitrogens is 1. The van der Waals surface area contributed by atoms with Gasteiger partial charge in [0.2, 0.25) is 0 Å². The van der Waals surface area contributed by atoms with E-state index >= 15 is 0 Å². The molecule has 1 aromatic carbocycles. The number of alkyl halides is 3. The summed E-state index contributed by atoms with van der Waals surface area (Å²) in [6.07, 6.45) is -3.72. The third kappa shape index (κ3) is 3.01. The van der Waals surface area contributed by atoms with Crippen molar-refractivity contribution in [2.24, 2.45) is 0 Å². The molecule has 0 atom stereocenters. The Morgan fingerprint density at radius 3 is 2.40 bits per heavy atom. The minimum atomic E-state index is -4.44. The van der Waals surface area contributed by atoms with Crippen LogP contribution in [0.2, 0.25) is 0 Å². The molecule has 20 heavy (non-hydrogen) atoms. The molecule has 0 aliphatic carbocycles. The Morgan fingerprint density at radius 1 is 1.10 bits per heavy atom. The molecule has 0 saturated carbocycles. The number of pyridine rings is 1. The number of anilines is 3. The van der Waals surface area contributed by atoms with E-state index in [0.29, 0.717) is 5.69 Å². The van der Waals surface area contributed by atoms with Crippen molar-refractivity contribution in [3.63, 3.8) is 0 Å². The summed E-state index contributed by atoms with van der Waals surface area (Å²) in [4.78, 5) is 3.58. The van der Waals surface area contributed by atoms with E-state index in [2.05, 4.69) is 10.3 Å². The van der Waals surface area contributed by atoms with E-state index in [1.54, 1.807) is 6.07 Å². The number of hydrogen-bond acceptors (Lipinski definition) is 3. The molecule has 0 aliphatic heterocycles. The van der Waals surface area contributed by atoms with Crippen LogP contribution in [-0.2, 0) is 6.18 Å². The lowest BCUT2D eigenvalue weighted by molar-refractivity contribution is -0.137. The zero-order chi connectivity index (χ0) is 14.9. The molecule has 2 rings (SSSR count). The molecule has 0 spiro atoms. The monoisotopic (exact) mass is 281 g/mol. The maximum atomic E-state index is 12.7. The van der Waals surface area contributed by atoms with E-state index in [1.165, 1.54) is 0 Å². The van der Waals surface area contributed by atoms with Crippen LogP contribution in [0.5, 0.6) is 0 Å². The minimum Gasteiger partial charge on any atom is -0.382 e. The molecule has 0 unspecified atom stereocenters. The van der Waals surface area contributed by atoms with Gasteiger partial charge < -0.3 is 11.1 Å². The number of halogens is 3. The Bertz CT molecular complexity index is 636. The molecule has 1 aromatic heterocycles. The van der Waals surface area contributed by atoms with Gasteiger partial charge in [0.15, 0.2) is 0 Å². The average Bonchev–Trinajstić information content (AvgIpc) is 2.33. The molecule has 2 aromatic rings. The normalized spacial score (nSPS) is 11.4. The van der Waals surface area contributed by atoms with Crippen molar-refractivity contribution in [1.29, 1.82) is 0 Å². The molecule has 6 heteroatoms. The number of rotatable bonds is 2. The first-order chi connectivity index (χ1) is 9.27. The molecule has 3 nitrogen and oxygen atoms in total. The van der Waals surface area contributed by atoms with Gasteiger partial charge in [-0.15, -0.1) is 0 Å². The van der Waals surface area contributed by atoms with Gasteiger partial charge in [0.05, 0.1) is 11.3 Å². The molecule has 0 radical (unpaired) electrons. The van der Waals surface area contributed by atoms with Crippen LogP contribution >= 0.6 is 0 Å². The first kappa shape index (κ1) is 14.2. The van der Waals surface area contributed by atoms with Gasteiger partial charge >= 0.3 is 6.18 Å². The predicted octanol–water partition coefficient (Wildman–Crippen LogP) is 4.04. The Morgan fingerprint density at radius 2 is 1.80 bits per heavy atom. The first-order valence-electron chi connectivity index (χ1n) is 5.94. The van der Waals surface area contributed by atoms with Crippen LogP contribution in [0.1, 0.15) is 16.7 Å². The second-order valence-electron chi connectivity index (χ2n) is 4.60.